The van der Waals surface area contributed by atoms with Crippen LogP contribution in [-0.4, -0.2) is 11.9 Å². The lowest BCUT2D eigenvalue weighted by atomic mass is 9.54. The van der Waals surface area contributed by atoms with E-state index in [1.54, 1.807) is 6.07 Å². The van der Waals surface area contributed by atoms with Crippen molar-refractivity contribution < 1.29 is 9.21 Å². The Kier molecular flexibility index (Phi) is 2.66. The molecule has 4 heteroatoms. The van der Waals surface area contributed by atoms with Gasteiger partial charge in [0.1, 0.15) is 0 Å². The lowest BCUT2D eigenvalue weighted by Gasteiger charge is -2.54. The third kappa shape index (κ3) is 1.90. The number of furan rings is 1. The number of hydrogen-bond acceptors (Lipinski definition) is 2. The van der Waals surface area contributed by atoms with E-state index >= 15 is 0 Å². The Morgan fingerprint density at radius 1 is 1.16 bits per heavy atom. The second-order valence-electron chi connectivity index (χ2n) is 6.54. The van der Waals surface area contributed by atoms with E-state index in [0.29, 0.717) is 23.4 Å². The quantitative estimate of drug-likeness (QED) is 0.900. The first-order valence-corrected chi connectivity index (χ1v) is 7.62. The molecular formula is C15H18ClNO2. The third-order valence-corrected chi connectivity index (χ3v) is 5.68. The molecule has 0 unspecified atom stereocenters. The molecule has 1 heterocycles. The molecule has 0 aromatic carbocycles. The minimum absolute atomic E-state index is 0.0729. The van der Waals surface area contributed by atoms with Crippen LogP contribution in [-0.2, 0) is 0 Å². The van der Waals surface area contributed by atoms with Gasteiger partial charge in [-0.15, -0.1) is 0 Å². The molecule has 5 rings (SSSR count). The van der Waals surface area contributed by atoms with Gasteiger partial charge in [-0.2, -0.15) is 0 Å². The smallest absolute Gasteiger partial charge is 0.256 e. The van der Waals surface area contributed by atoms with Gasteiger partial charge < -0.3 is 9.73 Å². The molecule has 4 aliphatic rings. The second-order valence-corrected chi connectivity index (χ2v) is 6.88. The zero-order valence-corrected chi connectivity index (χ0v) is 11.5. The molecule has 0 radical (unpaired) electrons. The highest BCUT2D eigenvalue weighted by Gasteiger charge is 2.48. The molecule has 4 fully saturated rings. The maximum absolute atomic E-state index is 12.3. The minimum atomic E-state index is -0.0729. The van der Waals surface area contributed by atoms with Crippen molar-refractivity contribution in [2.45, 2.75) is 38.1 Å². The van der Waals surface area contributed by atoms with Crippen molar-refractivity contribution in [1.82, 2.24) is 5.32 Å². The van der Waals surface area contributed by atoms with Crippen molar-refractivity contribution in [2.75, 3.05) is 0 Å². The van der Waals surface area contributed by atoms with Crippen molar-refractivity contribution in [3.8, 4) is 0 Å². The Morgan fingerprint density at radius 3 is 2.32 bits per heavy atom. The first kappa shape index (κ1) is 11.8. The zero-order chi connectivity index (χ0) is 13.0. The molecule has 4 aliphatic carbocycles. The molecule has 102 valence electrons. The Labute approximate surface area is 117 Å². The summed E-state index contributed by atoms with van der Waals surface area (Å²) in [6, 6.07) is 2.00. The first-order chi connectivity index (χ1) is 9.20. The third-order valence-electron chi connectivity index (χ3n) is 5.39. The number of carbonyl (C=O) groups is 1. The number of rotatable bonds is 2. The van der Waals surface area contributed by atoms with E-state index < -0.39 is 0 Å². The Balaban J connectivity index is 1.51. The van der Waals surface area contributed by atoms with Crippen molar-refractivity contribution >= 4 is 17.5 Å². The topological polar surface area (TPSA) is 42.2 Å². The van der Waals surface area contributed by atoms with Gasteiger partial charge in [-0.05, 0) is 73.4 Å². The molecule has 1 amide bonds. The van der Waals surface area contributed by atoms with Crippen molar-refractivity contribution in [3.05, 3.63) is 23.1 Å². The monoisotopic (exact) mass is 279 g/mol. The maximum Gasteiger partial charge on any atom is 0.256 e. The van der Waals surface area contributed by atoms with Gasteiger partial charge in [0.05, 0.1) is 11.8 Å². The summed E-state index contributed by atoms with van der Waals surface area (Å²) >= 11 is 5.88. The average Bonchev–Trinajstić information content (AvgIpc) is 2.79. The fourth-order valence-corrected chi connectivity index (χ4v) is 5.05. The summed E-state index contributed by atoms with van der Waals surface area (Å²) in [5.41, 5.74) is 0.468. The van der Waals surface area contributed by atoms with E-state index in [9.17, 15) is 4.79 Å². The van der Waals surface area contributed by atoms with Gasteiger partial charge in [-0.3, -0.25) is 4.79 Å². The largest absolute Gasteiger partial charge is 0.452 e. The summed E-state index contributed by atoms with van der Waals surface area (Å²) in [7, 11) is 0. The van der Waals surface area contributed by atoms with E-state index in [1.807, 2.05) is 0 Å². The van der Waals surface area contributed by atoms with Crippen molar-refractivity contribution in [1.29, 1.82) is 0 Å². The lowest BCUT2D eigenvalue weighted by molar-refractivity contribution is -0.0119. The van der Waals surface area contributed by atoms with Crippen LogP contribution < -0.4 is 5.32 Å². The van der Waals surface area contributed by atoms with Crippen LogP contribution >= 0.6 is 11.6 Å². The Morgan fingerprint density at radius 2 is 1.79 bits per heavy atom. The van der Waals surface area contributed by atoms with Gasteiger partial charge in [0, 0.05) is 6.04 Å². The predicted octanol–water partition coefficient (Wildman–Crippen LogP) is 3.49. The molecule has 1 N–H and O–H groups in total. The summed E-state index contributed by atoms with van der Waals surface area (Å²) in [5, 5.41) is 3.42. The zero-order valence-electron chi connectivity index (χ0n) is 10.8. The predicted molar refractivity (Wildman–Crippen MR) is 72.0 cm³/mol. The molecule has 3 nitrogen and oxygen atoms in total. The van der Waals surface area contributed by atoms with Crippen LogP contribution in [0, 0.1) is 23.7 Å². The van der Waals surface area contributed by atoms with E-state index in [1.165, 1.54) is 38.4 Å². The van der Waals surface area contributed by atoms with E-state index in [0.717, 1.165) is 11.8 Å². The van der Waals surface area contributed by atoms with Gasteiger partial charge in [0.2, 0.25) is 5.22 Å². The van der Waals surface area contributed by atoms with Gasteiger partial charge in [-0.1, -0.05) is 0 Å². The van der Waals surface area contributed by atoms with Gasteiger partial charge >= 0.3 is 0 Å². The van der Waals surface area contributed by atoms with Crippen LogP contribution in [0.1, 0.15) is 42.5 Å². The summed E-state index contributed by atoms with van der Waals surface area (Å²) in [4.78, 5) is 12.3. The standard InChI is InChI=1S/C15H18ClNO2/c16-14-12(1-2-19-14)15(18)17-13-10-4-8-3-9(6-10)7-11(13)5-8/h1-2,8-11,13H,3-7H2,(H,17,18). The van der Waals surface area contributed by atoms with Crippen LogP contribution in [0.25, 0.3) is 0 Å². The normalized spacial score (nSPS) is 39.5. The summed E-state index contributed by atoms with van der Waals surface area (Å²) in [6.07, 6.45) is 8.11. The van der Waals surface area contributed by atoms with Gasteiger partial charge in [0.25, 0.3) is 5.91 Å². The number of amides is 1. The molecular weight excluding hydrogens is 262 g/mol. The summed E-state index contributed by atoms with van der Waals surface area (Å²) < 4.78 is 5.00. The minimum Gasteiger partial charge on any atom is -0.452 e. The Hall–Kier alpha value is -0.960. The highest BCUT2D eigenvalue weighted by atomic mass is 35.5. The molecule has 1 aromatic rings. The molecule has 0 spiro atoms. The fourth-order valence-electron chi connectivity index (χ4n) is 4.85. The van der Waals surface area contributed by atoms with E-state index in [4.69, 9.17) is 16.0 Å². The maximum atomic E-state index is 12.3. The molecule has 1 aromatic heterocycles. The van der Waals surface area contributed by atoms with Crippen LogP contribution in [0.3, 0.4) is 0 Å². The second kappa shape index (κ2) is 4.27. The average molecular weight is 280 g/mol. The number of hydrogen-bond donors (Lipinski definition) is 1. The van der Waals surface area contributed by atoms with Crippen LogP contribution in [0.2, 0.25) is 5.22 Å². The van der Waals surface area contributed by atoms with Crippen LogP contribution in [0.5, 0.6) is 0 Å². The fraction of sp³-hybridized carbons (Fsp3) is 0.667. The van der Waals surface area contributed by atoms with E-state index in [-0.39, 0.29) is 11.1 Å². The van der Waals surface area contributed by atoms with E-state index in [2.05, 4.69) is 5.32 Å². The van der Waals surface area contributed by atoms with Crippen molar-refractivity contribution in [3.63, 3.8) is 0 Å². The van der Waals surface area contributed by atoms with Gasteiger partial charge in [-0.25, -0.2) is 0 Å². The molecule has 19 heavy (non-hydrogen) atoms. The SMILES string of the molecule is O=C(NC1C2CC3CC(C2)CC1C3)c1ccoc1Cl. The lowest BCUT2D eigenvalue weighted by Crippen LogP contribution is -2.55. The summed E-state index contributed by atoms with van der Waals surface area (Å²) in [6.45, 7) is 0. The number of halogens is 1. The molecule has 0 saturated heterocycles. The molecule has 0 aliphatic heterocycles. The van der Waals surface area contributed by atoms with Crippen LogP contribution in [0.4, 0.5) is 0 Å². The molecule has 4 saturated carbocycles. The molecule has 4 bridgehead atoms. The number of carbonyl (C=O) groups excluding carboxylic acids is 1. The Bertz CT molecular complexity index is 482. The molecule has 0 atom stereocenters. The highest BCUT2D eigenvalue weighted by molar-refractivity contribution is 6.32. The van der Waals surface area contributed by atoms with Crippen molar-refractivity contribution in [2.24, 2.45) is 23.7 Å². The number of nitrogens with one attached hydrogen (secondary N) is 1. The first-order valence-electron chi connectivity index (χ1n) is 7.24. The van der Waals surface area contributed by atoms with Gasteiger partial charge in [0.15, 0.2) is 0 Å². The van der Waals surface area contributed by atoms with Crippen LogP contribution in [0.15, 0.2) is 16.7 Å². The summed E-state index contributed by atoms with van der Waals surface area (Å²) in [5.74, 6) is 3.15. The highest BCUT2D eigenvalue weighted by Crippen LogP contribution is 2.53.